The first-order valence-corrected chi connectivity index (χ1v) is 11.4. The molecule has 0 spiro atoms. The van der Waals surface area contributed by atoms with Crippen LogP contribution >= 0.6 is 0 Å². The first-order valence-electron chi connectivity index (χ1n) is 8.31. The quantitative estimate of drug-likeness (QED) is 0.506. The fourth-order valence-electron chi connectivity index (χ4n) is 2.89. The van der Waals surface area contributed by atoms with Gasteiger partial charge in [-0.05, 0) is 42.3 Å². The van der Waals surface area contributed by atoms with Gasteiger partial charge in [0.05, 0.1) is 15.5 Å². The summed E-state index contributed by atoms with van der Waals surface area (Å²) in [6.45, 7) is 0. The Balaban J connectivity index is 1.91. The third-order valence-corrected chi connectivity index (χ3v) is 6.20. The van der Waals surface area contributed by atoms with Crippen molar-refractivity contribution in [2.75, 3.05) is 4.90 Å². The van der Waals surface area contributed by atoms with Gasteiger partial charge in [0.2, 0.25) is 31.9 Å². The summed E-state index contributed by atoms with van der Waals surface area (Å²) in [5, 5.41) is 12.2. The van der Waals surface area contributed by atoms with E-state index in [1.165, 1.54) is 42.5 Å². The fraction of sp³-hybridized carbons (Fsp3) is 0.118. The molecule has 1 fully saturated rings. The zero-order valence-corrected chi connectivity index (χ0v) is 16.8. The number of amides is 4. The van der Waals surface area contributed by atoms with Crippen LogP contribution in [0.1, 0.15) is 5.56 Å². The molecule has 0 aliphatic carbocycles. The van der Waals surface area contributed by atoms with Crippen LogP contribution in [0.25, 0.3) is 0 Å². The molecule has 0 bridgehead atoms. The van der Waals surface area contributed by atoms with E-state index in [4.69, 9.17) is 10.3 Å². The summed E-state index contributed by atoms with van der Waals surface area (Å²) in [7, 11) is -7.98. The van der Waals surface area contributed by atoms with Crippen LogP contribution in [-0.2, 0) is 36.1 Å². The van der Waals surface area contributed by atoms with E-state index in [1.54, 1.807) is 0 Å². The summed E-state index contributed by atoms with van der Waals surface area (Å²) in [5.41, 5.74) is 0.370. The Bertz CT molecular complexity index is 1260. The molecule has 0 saturated carbocycles. The Labute approximate surface area is 171 Å². The molecule has 158 valence electrons. The smallest absolute Gasteiger partial charge is 0.277 e. The molecule has 1 atom stereocenters. The van der Waals surface area contributed by atoms with Crippen molar-refractivity contribution in [3.63, 3.8) is 0 Å². The molecule has 0 radical (unpaired) electrons. The number of anilines is 1. The first kappa shape index (κ1) is 21.6. The van der Waals surface area contributed by atoms with Crippen LogP contribution in [0.3, 0.4) is 0 Å². The molecule has 11 nitrogen and oxygen atoms in total. The zero-order valence-electron chi connectivity index (χ0n) is 15.2. The standard InChI is InChI=1S/C17H16N4O7S2/c18-29(25,26)12-6-4-10(5-7-12)8-14-15(22)20-17(24)21(16(14)23)11-2-1-3-13(9-11)30(19,27)28/h1-7,9,14H,8H2,(H2,18,25,26)(H2,19,27,28)(H,20,22,24). The number of benzene rings is 2. The lowest BCUT2D eigenvalue weighted by atomic mass is 9.95. The lowest BCUT2D eigenvalue weighted by molar-refractivity contribution is -0.134. The zero-order chi connectivity index (χ0) is 22.3. The minimum absolute atomic E-state index is 0.0777. The lowest BCUT2D eigenvalue weighted by Crippen LogP contribution is -2.58. The van der Waals surface area contributed by atoms with Crippen molar-refractivity contribution in [3.8, 4) is 0 Å². The number of sulfonamides is 2. The summed E-state index contributed by atoms with van der Waals surface area (Å²) in [6, 6.07) is 9.07. The third-order valence-electron chi connectivity index (χ3n) is 4.36. The van der Waals surface area contributed by atoms with E-state index < -0.39 is 43.8 Å². The molecule has 13 heteroatoms. The summed E-state index contributed by atoms with van der Waals surface area (Å²) in [4.78, 5) is 37.6. The Hall–Kier alpha value is -3.13. The molecule has 1 aliphatic heterocycles. The summed E-state index contributed by atoms with van der Waals surface area (Å²) >= 11 is 0. The monoisotopic (exact) mass is 452 g/mol. The van der Waals surface area contributed by atoms with Gasteiger partial charge >= 0.3 is 6.03 Å². The van der Waals surface area contributed by atoms with E-state index in [0.29, 0.717) is 10.5 Å². The topological polar surface area (TPSA) is 187 Å². The highest BCUT2D eigenvalue weighted by Gasteiger charge is 2.41. The van der Waals surface area contributed by atoms with E-state index in [1.807, 2.05) is 0 Å². The highest BCUT2D eigenvalue weighted by atomic mass is 32.2. The number of rotatable bonds is 5. The maximum atomic E-state index is 12.9. The number of carbonyl (C=O) groups excluding carboxylic acids is 3. The minimum atomic E-state index is -4.08. The third kappa shape index (κ3) is 4.38. The largest absolute Gasteiger partial charge is 0.335 e. The van der Waals surface area contributed by atoms with Crippen molar-refractivity contribution < 1.29 is 31.2 Å². The van der Waals surface area contributed by atoms with Crippen molar-refractivity contribution in [2.45, 2.75) is 16.2 Å². The molecule has 4 amide bonds. The highest BCUT2D eigenvalue weighted by molar-refractivity contribution is 7.89. The van der Waals surface area contributed by atoms with Crippen molar-refractivity contribution in [1.82, 2.24) is 5.32 Å². The Morgan fingerprint density at radius 2 is 1.47 bits per heavy atom. The molecule has 30 heavy (non-hydrogen) atoms. The summed E-state index contributed by atoms with van der Waals surface area (Å²) in [6.07, 6.45) is -0.131. The molecule has 1 heterocycles. The predicted molar refractivity (Wildman–Crippen MR) is 104 cm³/mol. The second-order valence-corrected chi connectivity index (χ2v) is 9.58. The second-order valence-electron chi connectivity index (χ2n) is 6.46. The van der Waals surface area contributed by atoms with Gasteiger partial charge in [-0.25, -0.2) is 36.8 Å². The molecule has 0 aromatic heterocycles. The number of nitrogens with zero attached hydrogens (tertiary/aromatic N) is 1. The number of nitrogens with one attached hydrogen (secondary N) is 1. The Morgan fingerprint density at radius 3 is 2.03 bits per heavy atom. The van der Waals surface area contributed by atoms with Crippen LogP contribution in [-0.4, -0.2) is 34.7 Å². The van der Waals surface area contributed by atoms with Gasteiger partial charge in [0, 0.05) is 0 Å². The lowest BCUT2D eigenvalue weighted by Gasteiger charge is -2.30. The van der Waals surface area contributed by atoms with Crippen molar-refractivity contribution in [2.24, 2.45) is 16.2 Å². The van der Waals surface area contributed by atoms with Crippen molar-refractivity contribution >= 4 is 43.6 Å². The molecule has 3 rings (SSSR count). The average molecular weight is 452 g/mol. The van der Waals surface area contributed by atoms with Crippen LogP contribution in [0.5, 0.6) is 0 Å². The van der Waals surface area contributed by atoms with Gasteiger partial charge in [-0.1, -0.05) is 18.2 Å². The van der Waals surface area contributed by atoms with Crippen LogP contribution < -0.4 is 20.5 Å². The number of nitrogens with two attached hydrogens (primary N) is 2. The molecule has 1 saturated heterocycles. The van der Waals surface area contributed by atoms with Gasteiger partial charge in [0.1, 0.15) is 5.92 Å². The molecular weight excluding hydrogens is 436 g/mol. The van der Waals surface area contributed by atoms with E-state index in [0.717, 1.165) is 6.07 Å². The number of imide groups is 2. The number of hydrogen-bond donors (Lipinski definition) is 3. The van der Waals surface area contributed by atoms with Crippen LogP contribution in [0.15, 0.2) is 58.3 Å². The SMILES string of the molecule is NS(=O)(=O)c1ccc(CC2C(=O)NC(=O)N(c3cccc(S(N)(=O)=O)c3)C2=O)cc1. The van der Waals surface area contributed by atoms with E-state index >= 15 is 0 Å². The summed E-state index contributed by atoms with van der Waals surface area (Å²) < 4.78 is 45.8. The number of barbiturate groups is 1. The summed E-state index contributed by atoms with van der Waals surface area (Å²) in [5.74, 6) is -3.01. The molecule has 5 N–H and O–H groups in total. The van der Waals surface area contributed by atoms with Crippen LogP contribution in [0.4, 0.5) is 10.5 Å². The van der Waals surface area contributed by atoms with Gasteiger partial charge in [0.25, 0.3) is 0 Å². The average Bonchev–Trinajstić information content (AvgIpc) is 2.64. The number of carbonyl (C=O) groups is 3. The molecule has 1 unspecified atom stereocenters. The van der Waals surface area contributed by atoms with Crippen molar-refractivity contribution in [1.29, 1.82) is 0 Å². The normalized spacial score (nSPS) is 17.7. The van der Waals surface area contributed by atoms with Crippen molar-refractivity contribution in [3.05, 3.63) is 54.1 Å². The number of hydrogen-bond acceptors (Lipinski definition) is 7. The number of urea groups is 1. The first-order chi connectivity index (χ1) is 13.9. The van der Waals surface area contributed by atoms with E-state index in [-0.39, 0.29) is 21.9 Å². The Kier molecular flexibility index (Phi) is 5.47. The second kappa shape index (κ2) is 7.60. The number of primary sulfonamides is 2. The van der Waals surface area contributed by atoms with Gasteiger partial charge < -0.3 is 0 Å². The highest BCUT2D eigenvalue weighted by Crippen LogP contribution is 2.25. The maximum absolute atomic E-state index is 12.9. The van der Waals surface area contributed by atoms with Gasteiger partial charge in [-0.3, -0.25) is 14.9 Å². The fourth-order valence-corrected chi connectivity index (χ4v) is 3.96. The van der Waals surface area contributed by atoms with Gasteiger partial charge in [-0.15, -0.1) is 0 Å². The Morgan fingerprint density at radius 1 is 0.867 bits per heavy atom. The molecule has 1 aliphatic rings. The predicted octanol–water partition coefficient (Wildman–Crippen LogP) is -0.577. The minimum Gasteiger partial charge on any atom is -0.277 e. The molecule has 2 aromatic carbocycles. The van der Waals surface area contributed by atoms with Crippen LogP contribution in [0, 0.1) is 5.92 Å². The molecule has 2 aromatic rings. The van der Waals surface area contributed by atoms with Gasteiger partial charge in [0.15, 0.2) is 0 Å². The maximum Gasteiger partial charge on any atom is 0.335 e. The van der Waals surface area contributed by atoms with Crippen LogP contribution in [0.2, 0.25) is 0 Å². The van der Waals surface area contributed by atoms with E-state index in [9.17, 15) is 31.2 Å². The van der Waals surface area contributed by atoms with E-state index in [2.05, 4.69) is 5.32 Å². The molecular formula is C17H16N4O7S2. The van der Waals surface area contributed by atoms with Gasteiger partial charge in [-0.2, -0.15) is 0 Å².